The minimum absolute atomic E-state index is 0.232. The number of aliphatic hydroxyl groups is 2. The first-order valence-corrected chi connectivity index (χ1v) is 11.5. The number of esters is 1. The smallest absolute Gasteiger partial charge is 0.323 e. The number of aryl methyl sites for hydroxylation is 1. The maximum Gasteiger partial charge on any atom is 0.323 e. The fraction of sp³-hybridized carbons (Fsp3) is 0.583. The van der Waals surface area contributed by atoms with Gasteiger partial charge in [0.15, 0.2) is 18.4 Å². The van der Waals surface area contributed by atoms with Crippen LogP contribution in [-0.2, 0) is 30.3 Å². The number of aliphatic hydroxyl groups excluding tert-OH is 1. The fourth-order valence-electron chi connectivity index (χ4n) is 3.91. The summed E-state index contributed by atoms with van der Waals surface area (Å²) in [4.78, 5) is 62.1. The highest BCUT2D eigenvalue weighted by molar-refractivity contribution is 6.41. The summed E-state index contributed by atoms with van der Waals surface area (Å²) in [6, 6.07) is 6.74. The molecule has 0 bridgehead atoms. The van der Waals surface area contributed by atoms with Crippen molar-refractivity contribution < 1.29 is 34.1 Å². The standard InChI is InChI=1S/C24H33N3O8/c1-15(21(30)27-13-7-10-18(27)22(31)32)25-17(12-11-16-8-5-4-6-9-16)23(33)35-14-19(28)20(29)24(2,3)26-34/h4-6,8-9,15,17-18,22,25,31-32H,7,10-14H2,1-3H3. The van der Waals surface area contributed by atoms with Gasteiger partial charge in [0, 0.05) is 6.54 Å². The summed E-state index contributed by atoms with van der Waals surface area (Å²) >= 11 is 0. The topological polar surface area (TPSA) is 163 Å². The van der Waals surface area contributed by atoms with Crippen molar-refractivity contribution in [1.82, 2.24) is 10.2 Å². The lowest BCUT2D eigenvalue weighted by Crippen LogP contribution is -2.54. The van der Waals surface area contributed by atoms with E-state index in [1.165, 1.54) is 18.7 Å². The molecule has 0 aliphatic carbocycles. The van der Waals surface area contributed by atoms with Gasteiger partial charge in [-0.25, -0.2) is 0 Å². The van der Waals surface area contributed by atoms with Crippen LogP contribution >= 0.6 is 0 Å². The maximum absolute atomic E-state index is 12.9. The van der Waals surface area contributed by atoms with Gasteiger partial charge in [0.1, 0.15) is 6.04 Å². The van der Waals surface area contributed by atoms with Crippen molar-refractivity contribution in [1.29, 1.82) is 0 Å². The number of likely N-dealkylation sites (tertiary alicyclic amines) is 1. The minimum atomic E-state index is -1.76. The lowest BCUT2D eigenvalue weighted by molar-refractivity contribution is -0.153. The van der Waals surface area contributed by atoms with Crippen LogP contribution in [0.4, 0.5) is 0 Å². The van der Waals surface area contributed by atoms with Crippen molar-refractivity contribution in [2.24, 2.45) is 5.18 Å². The molecule has 11 heteroatoms. The summed E-state index contributed by atoms with van der Waals surface area (Å²) in [5.74, 6) is -3.37. The molecular formula is C24H33N3O8. The Kier molecular flexibility index (Phi) is 10.2. The Labute approximate surface area is 203 Å². The predicted octanol–water partition coefficient (Wildman–Crippen LogP) is 0.494. The van der Waals surface area contributed by atoms with Crippen LogP contribution in [0, 0.1) is 4.91 Å². The van der Waals surface area contributed by atoms with Gasteiger partial charge < -0.3 is 19.8 Å². The van der Waals surface area contributed by atoms with E-state index in [0.29, 0.717) is 25.8 Å². The molecule has 0 radical (unpaired) electrons. The number of ketones is 2. The molecule has 1 aromatic rings. The highest BCUT2D eigenvalue weighted by atomic mass is 16.5. The number of amides is 1. The third-order valence-corrected chi connectivity index (χ3v) is 5.98. The van der Waals surface area contributed by atoms with Gasteiger partial charge in [-0.15, -0.1) is 4.91 Å². The monoisotopic (exact) mass is 491 g/mol. The lowest BCUT2D eigenvalue weighted by Gasteiger charge is -2.30. The third-order valence-electron chi connectivity index (χ3n) is 5.98. The van der Waals surface area contributed by atoms with E-state index in [1.807, 2.05) is 30.3 Å². The van der Waals surface area contributed by atoms with Crippen LogP contribution in [0.3, 0.4) is 0 Å². The number of nitrogens with one attached hydrogen (secondary N) is 1. The van der Waals surface area contributed by atoms with E-state index >= 15 is 0 Å². The number of carbonyl (C=O) groups excluding carboxylic acids is 4. The first kappa shape index (κ1) is 28.2. The van der Waals surface area contributed by atoms with Gasteiger partial charge in [0.2, 0.25) is 17.5 Å². The molecule has 0 spiro atoms. The number of Topliss-reactive ketones (excluding diaryl/α,β-unsaturated/α-hetero) is 2. The predicted molar refractivity (Wildman–Crippen MR) is 125 cm³/mol. The highest BCUT2D eigenvalue weighted by Crippen LogP contribution is 2.21. The number of hydrogen-bond acceptors (Lipinski definition) is 10. The molecular weight excluding hydrogens is 458 g/mol. The van der Waals surface area contributed by atoms with Gasteiger partial charge in [-0.2, -0.15) is 0 Å². The Morgan fingerprint density at radius 3 is 2.46 bits per heavy atom. The largest absolute Gasteiger partial charge is 0.456 e. The molecule has 35 heavy (non-hydrogen) atoms. The van der Waals surface area contributed by atoms with Gasteiger partial charge in [-0.1, -0.05) is 35.5 Å². The molecule has 3 N–H and O–H groups in total. The zero-order valence-corrected chi connectivity index (χ0v) is 20.2. The van der Waals surface area contributed by atoms with Crippen molar-refractivity contribution in [3.05, 3.63) is 40.8 Å². The number of carbonyl (C=O) groups is 4. The van der Waals surface area contributed by atoms with Crippen LogP contribution in [0.25, 0.3) is 0 Å². The Morgan fingerprint density at radius 2 is 1.86 bits per heavy atom. The average Bonchev–Trinajstić information content (AvgIpc) is 3.34. The Morgan fingerprint density at radius 1 is 1.20 bits per heavy atom. The van der Waals surface area contributed by atoms with Crippen molar-refractivity contribution in [3.8, 4) is 0 Å². The molecule has 1 aromatic carbocycles. The average molecular weight is 492 g/mol. The Bertz CT molecular complexity index is 919. The first-order chi connectivity index (χ1) is 16.5. The number of rotatable bonds is 13. The molecule has 1 saturated heterocycles. The maximum atomic E-state index is 12.9. The quantitative estimate of drug-likeness (QED) is 0.154. The van der Waals surface area contributed by atoms with Gasteiger partial charge in [-0.05, 0) is 52.0 Å². The Hall–Kier alpha value is -3.02. The molecule has 3 atom stereocenters. The van der Waals surface area contributed by atoms with Gasteiger partial charge >= 0.3 is 5.97 Å². The summed E-state index contributed by atoms with van der Waals surface area (Å²) in [7, 11) is 0. The SMILES string of the molecule is CC(NC(CCc1ccccc1)C(=O)OCC(=O)C(=O)C(C)(C)N=O)C(=O)N1CCCC1C(O)O. The molecule has 1 aliphatic heterocycles. The second kappa shape index (κ2) is 12.6. The summed E-state index contributed by atoms with van der Waals surface area (Å²) in [6.45, 7) is 3.44. The molecule has 1 aliphatic rings. The van der Waals surface area contributed by atoms with Gasteiger partial charge in [0.25, 0.3) is 0 Å². The van der Waals surface area contributed by atoms with E-state index in [1.54, 1.807) is 6.92 Å². The number of nitroso groups, excluding NO2 is 1. The molecule has 3 unspecified atom stereocenters. The molecule has 2 rings (SSSR count). The molecule has 1 fully saturated rings. The molecule has 192 valence electrons. The number of nitrogens with zero attached hydrogens (tertiary/aromatic N) is 2. The number of ether oxygens (including phenoxy) is 1. The summed E-state index contributed by atoms with van der Waals surface area (Å²) < 4.78 is 5.06. The van der Waals surface area contributed by atoms with Crippen LogP contribution in [-0.4, -0.2) is 81.7 Å². The summed E-state index contributed by atoms with van der Waals surface area (Å²) in [5, 5.41) is 24.7. The minimum Gasteiger partial charge on any atom is -0.456 e. The van der Waals surface area contributed by atoms with E-state index in [-0.39, 0.29) is 6.42 Å². The van der Waals surface area contributed by atoms with Gasteiger partial charge in [-0.3, -0.25) is 24.5 Å². The summed E-state index contributed by atoms with van der Waals surface area (Å²) in [5.41, 5.74) is -0.821. The summed E-state index contributed by atoms with van der Waals surface area (Å²) in [6.07, 6.45) is 0.113. The van der Waals surface area contributed by atoms with Crippen molar-refractivity contribution in [2.45, 2.75) is 76.4 Å². The van der Waals surface area contributed by atoms with Crippen LogP contribution in [0.5, 0.6) is 0 Å². The zero-order valence-electron chi connectivity index (χ0n) is 20.2. The molecule has 1 heterocycles. The van der Waals surface area contributed by atoms with Crippen LogP contribution in [0.15, 0.2) is 35.5 Å². The zero-order chi connectivity index (χ0) is 26.2. The van der Waals surface area contributed by atoms with Crippen molar-refractivity contribution >= 4 is 23.4 Å². The van der Waals surface area contributed by atoms with Crippen molar-refractivity contribution in [2.75, 3.05) is 13.2 Å². The van der Waals surface area contributed by atoms with E-state index in [0.717, 1.165) is 5.56 Å². The molecule has 1 amide bonds. The number of benzene rings is 1. The van der Waals surface area contributed by atoms with Gasteiger partial charge in [0.05, 0.1) is 12.1 Å². The van der Waals surface area contributed by atoms with Crippen LogP contribution in [0.1, 0.15) is 45.6 Å². The fourth-order valence-corrected chi connectivity index (χ4v) is 3.91. The highest BCUT2D eigenvalue weighted by Gasteiger charge is 2.37. The molecule has 0 aromatic heterocycles. The number of hydrogen-bond donors (Lipinski definition) is 3. The lowest BCUT2D eigenvalue weighted by atomic mass is 9.97. The van der Waals surface area contributed by atoms with Crippen LogP contribution < -0.4 is 5.32 Å². The van der Waals surface area contributed by atoms with E-state index in [2.05, 4.69) is 10.5 Å². The second-order valence-electron chi connectivity index (χ2n) is 9.13. The Balaban J connectivity index is 2.08. The first-order valence-electron chi connectivity index (χ1n) is 11.5. The van der Waals surface area contributed by atoms with E-state index < -0.39 is 60.0 Å². The van der Waals surface area contributed by atoms with Crippen molar-refractivity contribution in [3.63, 3.8) is 0 Å². The van der Waals surface area contributed by atoms with E-state index in [4.69, 9.17) is 4.74 Å². The third kappa shape index (κ3) is 7.74. The second-order valence-corrected chi connectivity index (χ2v) is 9.13. The normalized spacial score (nSPS) is 17.7. The van der Waals surface area contributed by atoms with Crippen LogP contribution in [0.2, 0.25) is 0 Å². The van der Waals surface area contributed by atoms with E-state index in [9.17, 15) is 34.3 Å². The molecule has 0 saturated carbocycles. The molecule has 11 nitrogen and oxygen atoms in total.